The molecule has 1 amide bonds. The summed E-state index contributed by atoms with van der Waals surface area (Å²) < 4.78 is 18.5. The number of carbonyl (C=O) groups excluding carboxylic acids is 1. The summed E-state index contributed by atoms with van der Waals surface area (Å²) in [5.74, 6) is 0.755. The zero-order chi connectivity index (χ0) is 23.4. The number of halogens is 3. The lowest BCUT2D eigenvalue weighted by Gasteiger charge is -2.14. The van der Waals surface area contributed by atoms with Gasteiger partial charge in [-0.05, 0) is 64.0 Å². The number of rotatable bonds is 7. The summed E-state index contributed by atoms with van der Waals surface area (Å²) in [6.45, 7) is 0.284. The molecule has 0 aliphatic heterocycles. The molecule has 168 valence electrons. The molecule has 6 nitrogen and oxygen atoms in total. The van der Waals surface area contributed by atoms with Crippen molar-refractivity contribution < 1.29 is 18.7 Å². The first kappa shape index (κ1) is 23.4. The molecule has 1 N–H and O–H groups in total. The highest BCUT2D eigenvalue weighted by atomic mass is 79.9. The van der Waals surface area contributed by atoms with Crippen molar-refractivity contribution in [1.29, 1.82) is 0 Å². The first-order chi connectivity index (χ1) is 15.9. The minimum atomic E-state index is -0.454. The molecular weight excluding hydrogens is 576 g/mol. The van der Waals surface area contributed by atoms with Crippen LogP contribution in [0.5, 0.6) is 11.5 Å². The number of hydrazone groups is 1. The van der Waals surface area contributed by atoms with Crippen LogP contribution in [0.25, 0.3) is 11.0 Å². The summed E-state index contributed by atoms with van der Waals surface area (Å²) >= 11 is 13.1. The van der Waals surface area contributed by atoms with Gasteiger partial charge in [0.15, 0.2) is 17.3 Å². The minimum absolute atomic E-state index is 0.169. The van der Waals surface area contributed by atoms with Gasteiger partial charge in [-0.25, -0.2) is 5.43 Å². The predicted molar refractivity (Wildman–Crippen MR) is 135 cm³/mol. The second-order valence-corrected chi connectivity index (χ2v) is 9.08. The number of amides is 1. The Morgan fingerprint density at radius 1 is 1.15 bits per heavy atom. The first-order valence-corrected chi connectivity index (χ1v) is 11.7. The van der Waals surface area contributed by atoms with Crippen molar-refractivity contribution in [2.45, 2.75) is 6.61 Å². The zero-order valence-electron chi connectivity index (χ0n) is 17.3. The Hall–Kier alpha value is -2.81. The third-order valence-corrected chi connectivity index (χ3v) is 6.11. The molecule has 1 aromatic heterocycles. The molecule has 33 heavy (non-hydrogen) atoms. The summed E-state index contributed by atoms with van der Waals surface area (Å²) in [5.41, 5.74) is 4.64. The number of benzene rings is 3. The van der Waals surface area contributed by atoms with E-state index in [4.69, 9.17) is 25.5 Å². The monoisotopic (exact) mass is 590 g/mol. The summed E-state index contributed by atoms with van der Waals surface area (Å²) in [5, 5.41) is 5.48. The largest absolute Gasteiger partial charge is 0.493 e. The minimum Gasteiger partial charge on any atom is -0.493 e. The van der Waals surface area contributed by atoms with Gasteiger partial charge in [-0.2, -0.15) is 5.10 Å². The highest BCUT2D eigenvalue weighted by Gasteiger charge is 2.14. The van der Waals surface area contributed by atoms with Crippen LogP contribution in [0.3, 0.4) is 0 Å². The van der Waals surface area contributed by atoms with E-state index in [2.05, 4.69) is 42.4 Å². The van der Waals surface area contributed by atoms with Gasteiger partial charge in [-0.15, -0.1) is 0 Å². The molecule has 0 radical (unpaired) electrons. The van der Waals surface area contributed by atoms with E-state index in [1.54, 1.807) is 31.4 Å². The normalized spacial score (nSPS) is 11.2. The van der Waals surface area contributed by atoms with Gasteiger partial charge in [0, 0.05) is 20.4 Å². The van der Waals surface area contributed by atoms with Gasteiger partial charge < -0.3 is 13.9 Å². The highest BCUT2D eigenvalue weighted by molar-refractivity contribution is 9.10. The lowest BCUT2D eigenvalue weighted by Crippen LogP contribution is -2.16. The van der Waals surface area contributed by atoms with Crippen LogP contribution < -0.4 is 14.9 Å². The van der Waals surface area contributed by atoms with E-state index in [1.165, 1.54) is 6.21 Å². The van der Waals surface area contributed by atoms with E-state index in [0.29, 0.717) is 32.1 Å². The number of furan rings is 1. The van der Waals surface area contributed by atoms with Crippen LogP contribution in [0.4, 0.5) is 0 Å². The van der Waals surface area contributed by atoms with E-state index in [1.807, 2.05) is 36.4 Å². The maximum Gasteiger partial charge on any atom is 0.307 e. The van der Waals surface area contributed by atoms with Crippen molar-refractivity contribution >= 4 is 66.6 Å². The molecule has 4 aromatic rings. The zero-order valence-corrected chi connectivity index (χ0v) is 21.2. The van der Waals surface area contributed by atoms with Crippen LogP contribution in [-0.2, 0) is 6.61 Å². The number of ether oxygens (including phenoxy) is 2. The second-order valence-electron chi connectivity index (χ2n) is 6.91. The Kier molecular flexibility index (Phi) is 7.37. The van der Waals surface area contributed by atoms with Gasteiger partial charge >= 0.3 is 5.91 Å². The number of nitrogens with zero attached hydrogens (tertiary/aromatic N) is 1. The van der Waals surface area contributed by atoms with E-state index in [0.717, 1.165) is 15.4 Å². The Labute approximate surface area is 211 Å². The van der Waals surface area contributed by atoms with Crippen LogP contribution in [0.15, 0.2) is 79.1 Å². The molecule has 0 aliphatic rings. The van der Waals surface area contributed by atoms with E-state index < -0.39 is 5.91 Å². The Morgan fingerprint density at radius 2 is 1.97 bits per heavy atom. The van der Waals surface area contributed by atoms with E-state index >= 15 is 0 Å². The molecule has 1 heterocycles. The second kappa shape index (κ2) is 10.4. The van der Waals surface area contributed by atoms with Crippen molar-refractivity contribution in [3.05, 3.63) is 91.5 Å². The fourth-order valence-electron chi connectivity index (χ4n) is 3.07. The third kappa shape index (κ3) is 5.58. The predicted octanol–water partition coefficient (Wildman–Crippen LogP) is 6.96. The molecule has 9 heteroatoms. The molecule has 4 rings (SSSR count). The maximum absolute atomic E-state index is 12.4. The maximum atomic E-state index is 12.4. The smallest absolute Gasteiger partial charge is 0.307 e. The molecule has 0 saturated heterocycles. The van der Waals surface area contributed by atoms with Gasteiger partial charge in [0.25, 0.3) is 0 Å². The van der Waals surface area contributed by atoms with Crippen LogP contribution in [-0.4, -0.2) is 19.2 Å². The number of carbonyl (C=O) groups is 1. The third-order valence-electron chi connectivity index (χ3n) is 4.66. The first-order valence-electron chi connectivity index (χ1n) is 9.71. The standard InChI is InChI=1S/C24H17Br2ClN2O4/c1-31-21-9-14(8-18(26)23(21)32-13-15-4-2-3-5-19(15)27)12-28-29-24(30)22-11-16-10-17(25)6-7-20(16)33-22/h2-12H,13H2,1H3,(H,29,30)/b28-12-. The molecule has 0 unspecified atom stereocenters. The molecule has 0 fully saturated rings. The Bertz CT molecular complexity index is 1350. The van der Waals surface area contributed by atoms with Crippen molar-refractivity contribution in [3.63, 3.8) is 0 Å². The fourth-order valence-corrected chi connectivity index (χ4v) is 4.21. The number of nitrogens with one attached hydrogen (secondary N) is 1. The van der Waals surface area contributed by atoms with Gasteiger partial charge in [0.05, 0.1) is 17.8 Å². The lowest BCUT2D eigenvalue weighted by atomic mass is 10.2. The molecule has 0 spiro atoms. The van der Waals surface area contributed by atoms with E-state index in [9.17, 15) is 4.79 Å². The van der Waals surface area contributed by atoms with Crippen molar-refractivity contribution in [1.82, 2.24) is 5.43 Å². The van der Waals surface area contributed by atoms with Crippen LogP contribution in [0.2, 0.25) is 5.02 Å². The number of hydrogen-bond acceptors (Lipinski definition) is 5. The molecular formula is C24H17Br2ClN2O4. The van der Waals surface area contributed by atoms with Crippen LogP contribution in [0, 0.1) is 0 Å². The van der Waals surface area contributed by atoms with Crippen molar-refractivity contribution in [2.24, 2.45) is 5.10 Å². The molecule has 0 atom stereocenters. The van der Waals surface area contributed by atoms with Crippen LogP contribution in [0.1, 0.15) is 21.7 Å². The lowest BCUT2D eigenvalue weighted by molar-refractivity contribution is 0.0929. The molecule has 0 aliphatic carbocycles. The molecule has 0 bridgehead atoms. The van der Waals surface area contributed by atoms with Gasteiger partial charge in [0.2, 0.25) is 0 Å². The fraction of sp³-hybridized carbons (Fsp3) is 0.0833. The summed E-state index contributed by atoms with van der Waals surface area (Å²) in [4.78, 5) is 12.4. The molecule has 3 aromatic carbocycles. The Morgan fingerprint density at radius 3 is 2.76 bits per heavy atom. The van der Waals surface area contributed by atoms with Gasteiger partial charge in [-0.1, -0.05) is 45.7 Å². The number of methoxy groups -OCH3 is 1. The van der Waals surface area contributed by atoms with Crippen LogP contribution >= 0.6 is 43.5 Å². The topological polar surface area (TPSA) is 73.1 Å². The van der Waals surface area contributed by atoms with Crippen molar-refractivity contribution in [3.8, 4) is 11.5 Å². The number of hydrogen-bond donors (Lipinski definition) is 1. The molecule has 0 saturated carbocycles. The van der Waals surface area contributed by atoms with Gasteiger partial charge in [0.1, 0.15) is 12.2 Å². The summed E-state index contributed by atoms with van der Waals surface area (Å²) in [7, 11) is 1.55. The number of fused-ring (bicyclic) bond motifs is 1. The quantitative estimate of drug-likeness (QED) is 0.186. The Balaban J connectivity index is 1.45. The highest BCUT2D eigenvalue weighted by Crippen LogP contribution is 2.37. The average Bonchev–Trinajstić information content (AvgIpc) is 3.22. The average molecular weight is 593 g/mol. The summed E-state index contributed by atoms with van der Waals surface area (Å²) in [6.07, 6.45) is 1.50. The van der Waals surface area contributed by atoms with Gasteiger partial charge in [-0.3, -0.25) is 4.79 Å². The summed E-state index contributed by atoms with van der Waals surface area (Å²) in [6, 6.07) is 18.2. The van der Waals surface area contributed by atoms with E-state index in [-0.39, 0.29) is 12.4 Å². The van der Waals surface area contributed by atoms with Crippen molar-refractivity contribution in [2.75, 3.05) is 7.11 Å². The SMILES string of the molecule is COc1cc(/C=N\NC(=O)c2cc3cc(Br)ccc3o2)cc(Br)c1OCc1ccccc1Cl.